The second kappa shape index (κ2) is 9.00. The minimum atomic E-state index is -2.68. The van der Waals surface area contributed by atoms with Crippen LogP contribution in [0.4, 0.5) is 0 Å². The van der Waals surface area contributed by atoms with Gasteiger partial charge in [0.25, 0.3) is 5.91 Å². The number of carbonyl (C=O) groups is 4. The molecule has 11 heteroatoms. The zero-order valence-corrected chi connectivity index (χ0v) is 21.1. The van der Waals surface area contributed by atoms with Crippen LogP contribution in [0.2, 0.25) is 0 Å². The summed E-state index contributed by atoms with van der Waals surface area (Å²) in [5.74, 6) is -7.18. The first-order chi connectivity index (χ1) is 17.3. The number of benzene rings is 1. The average molecular weight is 514 g/mol. The summed E-state index contributed by atoms with van der Waals surface area (Å²) in [6.07, 6.45) is 0.785. The van der Waals surface area contributed by atoms with Crippen molar-refractivity contribution in [1.29, 1.82) is 0 Å². The maximum absolute atomic E-state index is 13.8. The quantitative estimate of drug-likeness (QED) is 0.301. The van der Waals surface area contributed by atoms with E-state index >= 15 is 0 Å². The molecule has 0 radical (unpaired) electrons. The average Bonchev–Trinajstić information content (AvgIpc) is 2.80. The fourth-order valence-electron chi connectivity index (χ4n) is 6.13. The summed E-state index contributed by atoms with van der Waals surface area (Å²) >= 11 is 0. The van der Waals surface area contributed by atoms with Crippen LogP contribution in [-0.2, 0) is 33.8 Å². The first-order valence-electron chi connectivity index (χ1n) is 12.0. The Hall–Kier alpha value is -3.70. The highest BCUT2D eigenvalue weighted by Gasteiger charge is 2.63. The number of carbonyl (C=O) groups excluding carboxylic acids is 4. The Morgan fingerprint density at radius 2 is 1.84 bits per heavy atom. The predicted molar refractivity (Wildman–Crippen MR) is 131 cm³/mol. The van der Waals surface area contributed by atoms with Crippen LogP contribution >= 0.6 is 0 Å². The SMILES string of the molecule is CCc1cc(CNC(C)=O)c(O)c2c1C[C@@H]1C[C@@H]3C(N(C)C)C(O)=C(C(N)=O)C(=O)[C@@]3(O)C(O)=C1C2=O. The molecule has 0 saturated carbocycles. The smallest absolute Gasteiger partial charge is 0.255 e. The molecular formula is C26H31N3O8. The Labute approximate surface area is 213 Å². The van der Waals surface area contributed by atoms with E-state index in [2.05, 4.69) is 5.32 Å². The highest BCUT2D eigenvalue weighted by atomic mass is 16.3. The van der Waals surface area contributed by atoms with Crippen LogP contribution in [-0.4, -0.2) is 74.4 Å². The number of aryl methyl sites for hydroxylation is 1. The van der Waals surface area contributed by atoms with Crippen molar-refractivity contribution < 1.29 is 39.6 Å². The number of nitrogens with one attached hydrogen (secondary N) is 1. The maximum Gasteiger partial charge on any atom is 0.255 e. The summed E-state index contributed by atoms with van der Waals surface area (Å²) in [6.45, 7) is 3.19. The van der Waals surface area contributed by atoms with Crippen molar-refractivity contribution in [3.63, 3.8) is 0 Å². The number of aromatic hydroxyl groups is 1. The second-order valence-electron chi connectivity index (χ2n) is 10.1. The van der Waals surface area contributed by atoms with Gasteiger partial charge in [0.05, 0.1) is 11.6 Å². The lowest BCUT2D eigenvalue weighted by molar-refractivity contribution is -0.148. The molecule has 1 aromatic rings. The van der Waals surface area contributed by atoms with Crippen molar-refractivity contribution in [2.24, 2.45) is 17.6 Å². The molecule has 2 amide bonds. The molecule has 0 bridgehead atoms. The zero-order valence-electron chi connectivity index (χ0n) is 21.1. The number of nitrogens with zero attached hydrogens (tertiary/aromatic N) is 1. The van der Waals surface area contributed by atoms with Gasteiger partial charge >= 0.3 is 0 Å². The van der Waals surface area contributed by atoms with Crippen LogP contribution in [0.3, 0.4) is 0 Å². The van der Waals surface area contributed by atoms with Crippen molar-refractivity contribution in [3.05, 3.63) is 51.0 Å². The molecule has 3 aliphatic rings. The van der Waals surface area contributed by atoms with Crippen molar-refractivity contribution in [2.75, 3.05) is 14.1 Å². The van der Waals surface area contributed by atoms with Crippen LogP contribution in [0.25, 0.3) is 0 Å². The predicted octanol–water partition coefficient (Wildman–Crippen LogP) is 0.319. The zero-order chi connectivity index (χ0) is 27.6. The molecule has 0 fully saturated rings. The normalized spacial score (nSPS) is 27.1. The number of phenols is 1. The highest BCUT2D eigenvalue weighted by Crippen LogP contribution is 2.52. The number of phenolic OH excluding ortho intramolecular Hbond substituents is 1. The van der Waals surface area contributed by atoms with E-state index in [-0.39, 0.29) is 42.2 Å². The van der Waals surface area contributed by atoms with E-state index in [4.69, 9.17) is 5.73 Å². The van der Waals surface area contributed by atoms with Crippen LogP contribution in [0.5, 0.6) is 5.75 Å². The number of aliphatic hydroxyl groups excluding tert-OH is 2. The minimum Gasteiger partial charge on any atom is -0.510 e. The first-order valence-corrected chi connectivity index (χ1v) is 12.0. The lowest BCUT2D eigenvalue weighted by atomic mass is 9.58. The van der Waals surface area contributed by atoms with Gasteiger partial charge in [-0.1, -0.05) is 13.0 Å². The van der Waals surface area contributed by atoms with Crippen molar-refractivity contribution >= 4 is 23.4 Å². The molecule has 1 unspecified atom stereocenters. The van der Waals surface area contributed by atoms with Gasteiger partial charge in [-0.15, -0.1) is 0 Å². The Kier molecular flexibility index (Phi) is 6.41. The van der Waals surface area contributed by atoms with E-state index in [1.54, 1.807) is 20.2 Å². The summed E-state index contributed by atoms with van der Waals surface area (Å²) in [5, 5.41) is 47.4. The van der Waals surface area contributed by atoms with E-state index in [1.165, 1.54) is 11.8 Å². The standard InChI is InChI=1S/C26H31N3O8/c1-5-11-6-13(9-28-10(2)30)20(31)17-14(11)7-12-8-15-19(29(3)4)22(33)18(25(27)36)24(35)26(15,37)23(34)16(12)21(17)32/h6,12,15,19,31,33-34,37H,5,7-9H2,1-4H3,(H2,27,36)(H,28,30)/t12-,15-,19?,26+/m1/s1. The van der Waals surface area contributed by atoms with Crippen LogP contribution in [0.15, 0.2) is 28.7 Å². The second-order valence-corrected chi connectivity index (χ2v) is 10.1. The Bertz CT molecular complexity index is 1310. The number of hydrogen-bond donors (Lipinski definition) is 6. The molecule has 0 saturated heterocycles. The Morgan fingerprint density at radius 3 is 2.38 bits per heavy atom. The number of allylic oxidation sites excluding steroid dienone is 1. The maximum atomic E-state index is 13.8. The van der Waals surface area contributed by atoms with Gasteiger partial charge in [0.1, 0.15) is 22.8 Å². The van der Waals surface area contributed by atoms with E-state index in [9.17, 15) is 39.6 Å². The number of amides is 2. The monoisotopic (exact) mass is 513 g/mol. The van der Waals surface area contributed by atoms with Crippen molar-refractivity contribution in [2.45, 2.75) is 51.3 Å². The number of primary amides is 1. The van der Waals surface area contributed by atoms with Gasteiger partial charge in [-0.3, -0.25) is 24.1 Å². The molecular weight excluding hydrogens is 482 g/mol. The molecule has 37 heavy (non-hydrogen) atoms. The Morgan fingerprint density at radius 1 is 1.19 bits per heavy atom. The third-order valence-corrected chi connectivity index (χ3v) is 7.80. The molecule has 198 valence electrons. The number of likely N-dealkylation sites (N-methyl/N-ethyl adjacent to an activating group) is 1. The fraction of sp³-hybridized carbons (Fsp3) is 0.462. The van der Waals surface area contributed by atoms with Gasteiger partial charge in [0.2, 0.25) is 11.7 Å². The molecule has 4 atom stereocenters. The largest absolute Gasteiger partial charge is 0.510 e. The molecule has 1 aromatic carbocycles. The molecule has 7 N–H and O–H groups in total. The van der Waals surface area contributed by atoms with Gasteiger partial charge in [0, 0.05) is 30.5 Å². The van der Waals surface area contributed by atoms with E-state index in [0.29, 0.717) is 17.5 Å². The number of ketones is 2. The van der Waals surface area contributed by atoms with Gasteiger partial charge in [-0.25, -0.2) is 0 Å². The van der Waals surface area contributed by atoms with Gasteiger partial charge in [0.15, 0.2) is 11.4 Å². The summed E-state index contributed by atoms with van der Waals surface area (Å²) in [6, 6.07) is 0.690. The third kappa shape index (κ3) is 3.72. The van der Waals surface area contributed by atoms with E-state index in [1.807, 2.05) is 6.92 Å². The summed E-state index contributed by atoms with van der Waals surface area (Å²) in [7, 11) is 3.16. The Balaban J connectivity index is 1.93. The highest BCUT2D eigenvalue weighted by molar-refractivity contribution is 6.24. The molecule has 0 spiro atoms. The summed E-state index contributed by atoms with van der Waals surface area (Å²) in [5.41, 5.74) is 3.23. The van der Waals surface area contributed by atoms with Crippen LogP contribution in [0, 0.1) is 11.8 Å². The molecule has 0 aromatic heterocycles. The number of nitrogens with two attached hydrogens (primary N) is 1. The minimum absolute atomic E-state index is 0.0236. The molecule has 4 rings (SSSR count). The number of fused-ring (bicyclic) bond motifs is 3. The molecule has 0 aliphatic heterocycles. The number of aliphatic hydroxyl groups is 3. The van der Waals surface area contributed by atoms with Crippen LogP contribution < -0.4 is 11.1 Å². The lowest BCUT2D eigenvalue weighted by Crippen LogP contribution is -2.63. The van der Waals surface area contributed by atoms with E-state index < -0.39 is 58.0 Å². The van der Waals surface area contributed by atoms with Gasteiger partial charge < -0.3 is 31.5 Å². The fourth-order valence-corrected chi connectivity index (χ4v) is 6.13. The van der Waals surface area contributed by atoms with Crippen molar-refractivity contribution in [1.82, 2.24) is 10.2 Å². The topological polar surface area (TPSA) is 190 Å². The number of hydrogen-bond acceptors (Lipinski definition) is 9. The molecule has 0 heterocycles. The molecule has 3 aliphatic carbocycles. The van der Waals surface area contributed by atoms with E-state index in [0.717, 1.165) is 5.56 Å². The van der Waals surface area contributed by atoms with Crippen molar-refractivity contribution in [3.8, 4) is 5.75 Å². The number of Topliss-reactive ketones (excluding diaryl/α,β-unsaturated/α-hetero) is 2. The lowest BCUT2D eigenvalue weighted by Gasteiger charge is -2.50. The summed E-state index contributed by atoms with van der Waals surface area (Å²) < 4.78 is 0. The third-order valence-electron chi connectivity index (χ3n) is 7.80. The molecule has 11 nitrogen and oxygen atoms in total. The van der Waals surface area contributed by atoms with Gasteiger partial charge in [-0.05, 0) is 50.4 Å². The number of rotatable bonds is 5. The van der Waals surface area contributed by atoms with Gasteiger partial charge in [-0.2, -0.15) is 0 Å². The van der Waals surface area contributed by atoms with Crippen LogP contribution in [0.1, 0.15) is 47.3 Å². The summed E-state index contributed by atoms with van der Waals surface area (Å²) in [4.78, 5) is 52.1. The first kappa shape index (κ1) is 26.4.